The lowest BCUT2D eigenvalue weighted by atomic mass is 10.4. The van der Waals surface area contributed by atoms with Crippen molar-refractivity contribution in [1.82, 2.24) is 10.2 Å². The molecule has 0 atom stereocenters. The molecule has 1 rings (SSSR count). The van der Waals surface area contributed by atoms with Gasteiger partial charge in [-0.15, -0.1) is 0 Å². The van der Waals surface area contributed by atoms with Gasteiger partial charge in [-0.05, 0) is 13.8 Å². The highest BCUT2D eigenvalue weighted by molar-refractivity contribution is 4.63. The molecule has 1 heterocycles. The van der Waals surface area contributed by atoms with Crippen molar-refractivity contribution in [1.29, 1.82) is 0 Å². The van der Waals surface area contributed by atoms with Crippen LogP contribution in [0.15, 0.2) is 0 Å². The van der Waals surface area contributed by atoms with Crippen molar-refractivity contribution in [3.05, 3.63) is 0 Å². The van der Waals surface area contributed by atoms with Crippen LogP contribution in [0.5, 0.6) is 0 Å². The van der Waals surface area contributed by atoms with Gasteiger partial charge in [-0.25, -0.2) is 0 Å². The molecule has 1 saturated heterocycles. The van der Waals surface area contributed by atoms with E-state index in [1.165, 1.54) is 0 Å². The van der Waals surface area contributed by atoms with Crippen molar-refractivity contribution < 1.29 is 14.2 Å². The first-order valence-electron chi connectivity index (χ1n) is 6.60. The second-order valence-electron chi connectivity index (χ2n) is 4.00. The van der Waals surface area contributed by atoms with Gasteiger partial charge in [0.2, 0.25) is 0 Å². The topological polar surface area (TPSA) is 43.0 Å². The molecule has 0 amide bonds. The van der Waals surface area contributed by atoms with Crippen molar-refractivity contribution in [3.63, 3.8) is 0 Å². The van der Waals surface area contributed by atoms with E-state index in [4.69, 9.17) is 14.2 Å². The molecule has 0 unspecified atom stereocenters. The van der Waals surface area contributed by atoms with Crippen molar-refractivity contribution >= 4 is 0 Å². The third-order valence-electron chi connectivity index (χ3n) is 2.72. The zero-order valence-corrected chi connectivity index (χ0v) is 11.1. The standard InChI is InChI=1S/C12H26N2O3/c1-3-16-12(17-4-2)11-13-5-6-14-7-9-15-10-8-14/h12-13H,3-11H2,1-2H3. The largest absolute Gasteiger partial charge is 0.379 e. The minimum absolute atomic E-state index is 0.116. The highest BCUT2D eigenvalue weighted by Gasteiger charge is 2.10. The Hall–Kier alpha value is -0.200. The molecule has 1 fully saturated rings. The van der Waals surface area contributed by atoms with Crippen LogP contribution in [0.2, 0.25) is 0 Å². The molecule has 0 aromatic carbocycles. The molecule has 5 nitrogen and oxygen atoms in total. The predicted molar refractivity (Wildman–Crippen MR) is 67.2 cm³/mol. The molecule has 0 aromatic rings. The average Bonchev–Trinajstić information content (AvgIpc) is 2.36. The third kappa shape index (κ3) is 6.95. The van der Waals surface area contributed by atoms with Gasteiger partial charge in [-0.2, -0.15) is 0 Å². The van der Waals surface area contributed by atoms with Crippen LogP contribution in [0.4, 0.5) is 0 Å². The summed E-state index contributed by atoms with van der Waals surface area (Å²) in [4.78, 5) is 2.41. The first-order chi connectivity index (χ1) is 8.36. The molecule has 5 heteroatoms. The maximum absolute atomic E-state index is 5.46. The first kappa shape index (κ1) is 14.9. The fourth-order valence-corrected chi connectivity index (χ4v) is 1.82. The lowest BCUT2D eigenvalue weighted by Gasteiger charge is -2.27. The summed E-state index contributed by atoms with van der Waals surface area (Å²) in [6.07, 6.45) is -0.116. The lowest BCUT2D eigenvalue weighted by molar-refractivity contribution is -0.132. The first-order valence-corrected chi connectivity index (χ1v) is 6.60. The summed E-state index contributed by atoms with van der Waals surface area (Å²) in [5.74, 6) is 0. The van der Waals surface area contributed by atoms with E-state index in [9.17, 15) is 0 Å². The van der Waals surface area contributed by atoms with E-state index >= 15 is 0 Å². The Kier molecular flexibility index (Phi) is 8.56. The van der Waals surface area contributed by atoms with Gasteiger partial charge < -0.3 is 19.5 Å². The Morgan fingerprint density at radius 1 is 1.18 bits per heavy atom. The number of hydrogen-bond donors (Lipinski definition) is 1. The highest BCUT2D eigenvalue weighted by atomic mass is 16.7. The molecule has 1 N–H and O–H groups in total. The molecule has 1 aliphatic rings. The molecule has 0 saturated carbocycles. The van der Waals surface area contributed by atoms with Gasteiger partial charge in [-0.3, -0.25) is 4.90 Å². The predicted octanol–water partition coefficient (Wildman–Crippen LogP) is 0.307. The Morgan fingerprint density at radius 3 is 2.41 bits per heavy atom. The number of ether oxygens (including phenoxy) is 3. The van der Waals surface area contributed by atoms with Gasteiger partial charge >= 0.3 is 0 Å². The second kappa shape index (κ2) is 9.79. The SMILES string of the molecule is CCOC(CNCCN1CCOCC1)OCC. The fourth-order valence-electron chi connectivity index (χ4n) is 1.82. The van der Waals surface area contributed by atoms with Crippen LogP contribution in [0.3, 0.4) is 0 Å². The minimum Gasteiger partial charge on any atom is -0.379 e. The summed E-state index contributed by atoms with van der Waals surface area (Å²) in [6.45, 7) is 12.0. The summed E-state index contributed by atoms with van der Waals surface area (Å²) >= 11 is 0. The molecule has 0 bridgehead atoms. The molecule has 102 valence electrons. The van der Waals surface area contributed by atoms with Crippen molar-refractivity contribution in [2.45, 2.75) is 20.1 Å². The monoisotopic (exact) mass is 246 g/mol. The van der Waals surface area contributed by atoms with E-state index in [2.05, 4.69) is 10.2 Å². The van der Waals surface area contributed by atoms with Crippen LogP contribution in [-0.4, -0.2) is 70.3 Å². The van der Waals surface area contributed by atoms with Crippen LogP contribution < -0.4 is 5.32 Å². The van der Waals surface area contributed by atoms with Crippen LogP contribution in [-0.2, 0) is 14.2 Å². The van der Waals surface area contributed by atoms with Crippen molar-refractivity contribution in [3.8, 4) is 0 Å². The Morgan fingerprint density at radius 2 is 1.82 bits per heavy atom. The Bertz CT molecular complexity index is 169. The van der Waals surface area contributed by atoms with E-state index in [-0.39, 0.29) is 6.29 Å². The summed E-state index contributed by atoms with van der Waals surface area (Å²) < 4.78 is 16.2. The van der Waals surface area contributed by atoms with Gasteiger partial charge in [0.25, 0.3) is 0 Å². The Balaban J connectivity index is 2.00. The number of nitrogens with one attached hydrogen (secondary N) is 1. The van der Waals surface area contributed by atoms with Crippen LogP contribution in [0, 0.1) is 0 Å². The van der Waals surface area contributed by atoms with Gasteiger partial charge in [-0.1, -0.05) is 0 Å². The van der Waals surface area contributed by atoms with Crippen molar-refractivity contribution in [2.24, 2.45) is 0 Å². The summed E-state index contributed by atoms with van der Waals surface area (Å²) in [5, 5.41) is 3.37. The van der Waals surface area contributed by atoms with E-state index < -0.39 is 0 Å². The van der Waals surface area contributed by atoms with Gasteiger partial charge in [0.1, 0.15) is 0 Å². The number of hydrogen-bond acceptors (Lipinski definition) is 5. The molecule has 17 heavy (non-hydrogen) atoms. The second-order valence-corrected chi connectivity index (χ2v) is 4.00. The number of rotatable bonds is 9. The zero-order chi connectivity index (χ0) is 12.3. The summed E-state index contributed by atoms with van der Waals surface area (Å²) in [6, 6.07) is 0. The summed E-state index contributed by atoms with van der Waals surface area (Å²) in [7, 11) is 0. The van der Waals surface area contributed by atoms with E-state index in [1.54, 1.807) is 0 Å². The molecule has 0 aromatic heterocycles. The molecule has 0 radical (unpaired) electrons. The normalized spacial score (nSPS) is 17.8. The average molecular weight is 246 g/mol. The third-order valence-corrected chi connectivity index (χ3v) is 2.72. The van der Waals surface area contributed by atoms with Gasteiger partial charge in [0.15, 0.2) is 6.29 Å². The maximum atomic E-state index is 5.46. The van der Waals surface area contributed by atoms with E-state index in [1.807, 2.05) is 13.8 Å². The minimum atomic E-state index is -0.116. The lowest BCUT2D eigenvalue weighted by Crippen LogP contribution is -2.42. The fraction of sp³-hybridized carbons (Fsp3) is 1.00. The van der Waals surface area contributed by atoms with E-state index in [0.717, 1.165) is 45.9 Å². The van der Waals surface area contributed by atoms with E-state index in [0.29, 0.717) is 13.2 Å². The molecular formula is C12H26N2O3. The number of morpholine rings is 1. The van der Waals surface area contributed by atoms with Crippen LogP contribution >= 0.6 is 0 Å². The zero-order valence-electron chi connectivity index (χ0n) is 11.1. The molecule has 0 aliphatic carbocycles. The molecule has 1 aliphatic heterocycles. The molecular weight excluding hydrogens is 220 g/mol. The summed E-state index contributed by atoms with van der Waals surface area (Å²) in [5.41, 5.74) is 0. The van der Waals surface area contributed by atoms with Crippen LogP contribution in [0.25, 0.3) is 0 Å². The van der Waals surface area contributed by atoms with Gasteiger partial charge in [0, 0.05) is 45.9 Å². The number of nitrogens with zero attached hydrogens (tertiary/aromatic N) is 1. The van der Waals surface area contributed by atoms with Gasteiger partial charge in [0.05, 0.1) is 13.2 Å². The smallest absolute Gasteiger partial charge is 0.169 e. The Labute approximate surface area is 104 Å². The quantitative estimate of drug-likeness (QED) is 0.468. The highest BCUT2D eigenvalue weighted by Crippen LogP contribution is 1.96. The molecule has 0 spiro atoms. The van der Waals surface area contributed by atoms with Crippen molar-refractivity contribution in [2.75, 3.05) is 59.2 Å². The van der Waals surface area contributed by atoms with Crippen LogP contribution in [0.1, 0.15) is 13.8 Å². The maximum Gasteiger partial charge on any atom is 0.169 e.